The monoisotopic (exact) mass is 333 g/mol. The summed E-state index contributed by atoms with van der Waals surface area (Å²) in [6, 6.07) is 13.9. The van der Waals surface area contributed by atoms with Crippen molar-refractivity contribution in [2.24, 2.45) is 0 Å². The topological polar surface area (TPSA) is 46.2 Å². The van der Waals surface area contributed by atoms with Crippen LogP contribution in [-0.4, -0.2) is 15.0 Å². The number of hydrogen-bond acceptors (Lipinski definition) is 2. The normalized spacial score (nSPS) is 16.3. The van der Waals surface area contributed by atoms with E-state index in [-0.39, 0.29) is 17.0 Å². The maximum atomic E-state index is 13.0. The molecule has 1 aliphatic rings. The third-order valence-electron chi connectivity index (χ3n) is 4.38. The van der Waals surface area contributed by atoms with Crippen molar-refractivity contribution in [2.75, 3.05) is 6.54 Å². The number of nitrogens with one attached hydrogen (secondary N) is 1. The summed E-state index contributed by atoms with van der Waals surface area (Å²) in [4.78, 5) is 0. The molecule has 1 saturated carbocycles. The third-order valence-corrected chi connectivity index (χ3v) is 5.68. The van der Waals surface area contributed by atoms with E-state index >= 15 is 0 Å². The molecule has 0 spiro atoms. The predicted octanol–water partition coefficient (Wildman–Crippen LogP) is 3.29. The summed E-state index contributed by atoms with van der Waals surface area (Å²) in [6.07, 6.45) is 1.84. The SMILES string of the molecule is Cc1cccc(CS(=O)(=O)NCC2(c3ccc(F)cc3)CC2)c1. The van der Waals surface area contributed by atoms with Crippen molar-refractivity contribution < 1.29 is 12.8 Å². The van der Waals surface area contributed by atoms with E-state index in [0.29, 0.717) is 6.54 Å². The predicted molar refractivity (Wildman–Crippen MR) is 89.1 cm³/mol. The molecule has 0 unspecified atom stereocenters. The van der Waals surface area contributed by atoms with E-state index in [0.717, 1.165) is 29.5 Å². The lowest BCUT2D eigenvalue weighted by Crippen LogP contribution is -2.33. The standard InChI is InChI=1S/C18H20FNO2S/c1-14-3-2-4-15(11-14)12-23(21,22)20-13-18(9-10-18)16-5-7-17(19)8-6-16/h2-8,11,20H,9-10,12-13H2,1H3. The van der Waals surface area contributed by atoms with Crippen LogP contribution in [0.1, 0.15) is 29.5 Å². The van der Waals surface area contributed by atoms with Gasteiger partial charge in [-0.1, -0.05) is 42.0 Å². The van der Waals surface area contributed by atoms with Gasteiger partial charge in [-0.05, 0) is 43.0 Å². The van der Waals surface area contributed by atoms with Crippen LogP contribution in [0.15, 0.2) is 48.5 Å². The summed E-state index contributed by atoms with van der Waals surface area (Å²) < 4.78 is 40.4. The average molecular weight is 333 g/mol. The Bertz CT molecular complexity index is 796. The van der Waals surface area contributed by atoms with E-state index in [2.05, 4.69) is 4.72 Å². The highest BCUT2D eigenvalue weighted by atomic mass is 32.2. The van der Waals surface area contributed by atoms with Crippen molar-refractivity contribution in [2.45, 2.75) is 30.9 Å². The molecule has 122 valence electrons. The van der Waals surface area contributed by atoms with E-state index in [4.69, 9.17) is 0 Å². The largest absolute Gasteiger partial charge is 0.215 e. The Balaban J connectivity index is 1.66. The van der Waals surface area contributed by atoms with Crippen LogP contribution in [0.25, 0.3) is 0 Å². The Morgan fingerprint density at radius 2 is 1.83 bits per heavy atom. The molecule has 23 heavy (non-hydrogen) atoms. The second-order valence-electron chi connectivity index (χ2n) is 6.36. The minimum Gasteiger partial charge on any atom is -0.214 e. The molecule has 0 saturated heterocycles. The maximum absolute atomic E-state index is 13.0. The first kappa shape index (κ1) is 16.1. The van der Waals surface area contributed by atoms with Gasteiger partial charge in [0.25, 0.3) is 0 Å². The fraction of sp³-hybridized carbons (Fsp3) is 0.333. The first-order valence-electron chi connectivity index (χ1n) is 7.68. The second-order valence-corrected chi connectivity index (χ2v) is 8.16. The van der Waals surface area contributed by atoms with E-state index in [1.54, 1.807) is 12.1 Å². The van der Waals surface area contributed by atoms with E-state index in [1.807, 2.05) is 31.2 Å². The Kier molecular flexibility index (Phi) is 4.25. The summed E-state index contributed by atoms with van der Waals surface area (Å²) >= 11 is 0. The molecule has 3 nitrogen and oxygen atoms in total. The average Bonchev–Trinajstić information content (AvgIpc) is 3.27. The minimum atomic E-state index is -3.38. The quantitative estimate of drug-likeness (QED) is 0.882. The lowest BCUT2D eigenvalue weighted by Gasteiger charge is -2.17. The minimum absolute atomic E-state index is 0.0197. The zero-order valence-corrected chi connectivity index (χ0v) is 13.9. The smallest absolute Gasteiger partial charge is 0.214 e. The van der Waals surface area contributed by atoms with Gasteiger partial charge in [-0.15, -0.1) is 0 Å². The number of rotatable bonds is 6. The summed E-state index contributed by atoms with van der Waals surface area (Å²) in [7, 11) is -3.38. The maximum Gasteiger partial charge on any atom is 0.215 e. The Morgan fingerprint density at radius 3 is 2.43 bits per heavy atom. The highest BCUT2D eigenvalue weighted by molar-refractivity contribution is 7.88. The zero-order chi connectivity index (χ0) is 16.5. The van der Waals surface area contributed by atoms with Gasteiger partial charge in [0.1, 0.15) is 5.82 Å². The first-order chi connectivity index (χ1) is 10.9. The van der Waals surface area contributed by atoms with Crippen molar-refractivity contribution in [1.29, 1.82) is 0 Å². The van der Waals surface area contributed by atoms with Gasteiger partial charge < -0.3 is 0 Å². The van der Waals surface area contributed by atoms with Crippen LogP contribution in [0, 0.1) is 12.7 Å². The number of aryl methyl sites for hydroxylation is 1. The highest BCUT2D eigenvalue weighted by Crippen LogP contribution is 2.47. The molecule has 1 aliphatic carbocycles. The molecule has 0 atom stereocenters. The number of benzene rings is 2. The Labute approximate surface area is 136 Å². The molecule has 1 fully saturated rings. The molecule has 0 amide bonds. The number of halogens is 1. The molecule has 3 rings (SSSR count). The molecule has 0 heterocycles. The highest BCUT2D eigenvalue weighted by Gasteiger charge is 2.44. The van der Waals surface area contributed by atoms with Gasteiger partial charge >= 0.3 is 0 Å². The summed E-state index contributed by atoms with van der Waals surface area (Å²) in [6.45, 7) is 2.31. The van der Waals surface area contributed by atoms with Gasteiger partial charge in [0, 0.05) is 12.0 Å². The van der Waals surface area contributed by atoms with Crippen LogP contribution in [0.4, 0.5) is 4.39 Å². The van der Waals surface area contributed by atoms with E-state index in [1.165, 1.54) is 12.1 Å². The Hall–Kier alpha value is -1.72. The molecule has 0 radical (unpaired) electrons. The van der Waals surface area contributed by atoms with Crippen molar-refractivity contribution >= 4 is 10.0 Å². The van der Waals surface area contributed by atoms with Gasteiger partial charge in [-0.25, -0.2) is 17.5 Å². The number of hydrogen-bond donors (Lipinski definition) is 1. The van der Waals surface area contributed by atoms with Gasteiger partial charge in [-0.2, -0.15) is 0 Å². The fourth-order valence-corrected chi connectivity index (χ4v) is 4.06. The molecule has 0 aromatic heterocycles. The van der Waals surface area contributed by atoms with Crippen molar-refractivity contribution in [1.82, 2.24) is 4.72 Å². The number of sulfonamides is 1. The van der Waals surface area contributed by atoms with Crippen molar-refractivity contribution in [3.63, 3.8) is 0 Å². The lowest BCUT2D eigenvalue weighted by molar-refractivity contribution is 0.565. The summed E-state index contributed by atoms with van der Waals surface area (Å²) in [5.74, 6) is -0.293. The molecule has 5 heteroatoms. The van der Waals surface area contributed by atoms with E-state index < -0.39 is 10.0 Å². The van der Waals surface area contributed by atoms with Gasteiger partial charge in [0.15, 0.2) is 0 Å². The molecular formula is C18H20FNO2S. The van der Waals surface area contributed by atoms with Gasteiger partial charge in [-0.3, -0.25) is 0 Å². The lowest BCUT2D eigenvalue weighted by atomic mass is 9.96. The zero-order valence-electron chi connectivity index (χ0n) is 13.0. The van der Waals surface area contributed by atoms with Crippen molar-refractivity contribution in [3.8, 4) is 0 Å². The van der Waals surface area contributed by atoms with Crippen LogP contribution < -0.4 is 4.72 Å². The fourth-order valence-electron chi connectivity index (χ4n) is 2.84. The summed E-state index contributed by atoms with van der Waals surface area (Å²) in [5.41, 5.74) is 2.65. The van der Waals surface area contributed by atoms with Crippen LogP contribution in [0.2, 0.25) is 0 Å². The molecule has 0 bridgehead atoms. The molecule has 1 N–H and O–H groups in total. The first-order valence-corrected chi connectivity index (χ1v) is 9.33. The van der Waals surface area contributed by atoms with Gasteiger partial charge in [0.05, 0.1) is 5.75 Å². The van der Waals surface area contributed by atoms with Gasteiger partial charge in [0.2, 0.25) is 10.0 Å². The molecule has 0 aliphatic heterocycles. The van der Waals surface area contributed by atoms with E-state index in [9.17, 15) is 12.8 Å². The molecule has 2 aromatic carbocycles. The third kappa shape index (κ3) is 3.98. The van der Waals surface area contributed by atoms with Crippen LogP contribution in [0.5, 0.6) is 0 Å². The molecular weight excluding hydrogens is 313 g/mol. The molecule has 2 aromatic rings. The van der Waals surface area contributed by atoms with Crippen LogP contribution in [-0.2, 0) is 21.2 Å². The second kappa shape index (κ2) is 6.06. The van der Waals surface area contributed by atoms with Crippen LogP contribution in [0.3, 0.4) is 0 Å². The Morgan fingerprint density at radius 1 is 1.13 bits per heavy atom. The van der Waals surface area contributed by atoms with Crippen molar-refractivity contribution in [3.05, 3.63) is 71.0 Å². The summed E-state index contributed by atoms with van der Waals surface area (Å²) in [5, 5.41) is 0. The van der Waals surface area contributed by atoms with Crippen LogP contribution >= 0.6 is 0 Å².